The van der Waals surface area contributed by atoms with E-state index in [0.29, 0.717) is 0 Å². The molecule has 1 aliphatic carbocycles. The van der Waals surface area contributed by atoms with Crippen molar-refractivity contribution in [3.8, 4) is 0 Å². The molecule has 0 unspecified atom stereocenters. The molecule has 0 spiro atoms. The van der Waals surface area contributed by atoms with Gasteiger partial charge in [0.1, 0.15) is 0 Å². The van der Waals surface area contributed by atoms with Gasteiger partial charge in [0.05, 0.1) is 0 Å². The zero-order valence-corrected chi connectivity index (χ0v) is 14.4. The molecule has 1 radical (unpaired) electrons. The number of hydrogen-bond donors (Lipinski definition) is 0. The van der Waals surface area contributed by atoms with E-state index in [-0.39, 0.29) is 18.9 Å². The molecular weight excluding hydrogens is 247 g/mol. The Bertz CT molecular complexity index is 190. The van der Waals surface area contributed by atoms with E-state index in [1.807, 2.05) is 0 Å². The van der Waals surface area contributed by atoms with Crippen LogP contribution in [0.1, 0.15) is 117 Å². The molecule has 0 nitrogen and oxygen atoms in total. The first-order valence-corrected chi connectivity index (χ1v) is 9.64. The van der Waals surface area contributed by atoms with E-state index in [4.69, 9.17) is 0 Å². The first-order chi connectivity index (χ1) is 9.83. The second-order valence-corrected chi connectivity index (χ2v) is 7.21. The van der Waals surface area contributed by atoms with Crippen molar-refractivity contribution in [2.75, 3.05) is 0 Å². The molecule has 0 amide bonds. The summed E-state index contributed by atoms with van der Waals surface area (Å²) in [6, 6.07) is 0. The predicted molar refractivity (Wildman–Crippen MR) is 99.1 cm³/mol. The van der Waals surface area contributed by atoms with Gasteiger partial charge in [-0.25, -0.2) is 0 Å². The quantitative estimate of drug-likeness (QED) is 0.273. The summed E-state index contributed by atoms with van der Waals surface area (Å²) >= 11 is 0. The van der Waals surface area contributed by atoms with Crippen LogP contribution in [-0.4, -0.2) is 18.9 Å². The van der Waals surface area contributed by atoms with Gasteiger partial charge in [-0.05, 0) is 37.5 Å². The third kappa shape index (κ3) is 10.1. The summed E-state index contributed by atoms with van der Waals surface area (Å²) in [7, 11) is 0. The summed E-state index contributed by atoms with van der Waals surface area (Å²) in [6.07, 6.45) is 25.9. The fourth-order valence-corrected chi connectivity index (χ4v) is 3.92. The molecule has 0 heterocycles. The van der Waals surface area contributed by atoms with Gasteiger partial charge in [-0.15, -0.1) is 0 Å². The van der Waals surface area contributed by atoms with Crippen LogP contribution in [0, 0.1) is 11.8 Å². The summed E-state index contributed by atoms with van der Waals surface area (Å²) in [5.74, 6) is 0. The molecule has 0 aromatic rings. The van der Waals surface area contributed by atoms with Crippen LogP contribution >= 0.6 is 0 Å². The van der Waals surface area contributed by atoms with Crippen LogP contribution in [-0.2, 0) is 0 Å². The fourth-order valence-electron chi connectivity index (χ4n) is 3.92. The van der Waals surface area contributed by atoms with E-state index in [9.17, 15) is 0 Å². The van der Waals surface area contributed by atoms with E-state index < -0.39 is 0 Å². The molecule has 1 aliphatic rings. The van der Waals surface area contributed by atoms with Crippen LogP contribution in [0.2, 0.25) is 0 Å². The molecule has 0 bridgehead atoms. The molecule has 0 saturated heterocycles. The van der Waals surface area contributed by atoms with Crippen LogP contribution in [0.5, 0.6) is 0 Å². The Kier molecular flexibility index (Phi) is 14.6. The van der Waals surface area contributed by atoms with E-state index >= 15 is 0 Å². The molecule has 1 rings (SSSR count). The zero-order chi connectivity index (χ0) is 14.5. The second kappa shape index (κ2) is 14.2. The molecule has 1 heteroatoms. The first-order valence-electron chi connectivity index (χ1n) is 9.64. The van der Waals surface area contributed by atoms with Crippen LogP contribution in [0.25, 0.3) is 0 Å². The van der Waals surface area contributed by atoms with Crippen molar-refractivity contribution in [3.05, 3.63) is 6.42 Å². The molecule has 0 aliphatic heterocycles. The standard InChI is InChI=1S/C20H39.Li.H/c1-3-5-7-9-12-16-20(18-14-11-15-19-20)17-13-10-8-6-4-2;;/h14H,3-13,15-19H2,1-2H3;;. The normalized spacial score (nSPS) is 17.4. The Hall–Kier alpha value is 0.597. The van der Waals surface area contributed by atoms with E-state index in [1.54, 1.807) is 0 Å². The molecule has 1 fully saturated rings. The van der Waals surface area contributed by atoms with Crippen LogP contribution < -0.4 is 0 Å². The monoisotopic (exact) mass is 287 g/mol. The van der Waals surface area contributed by atoms with Crippen LogP contribution in [0.15, 0.2) is 0 Å². The second-order valence-electron chi connectivity index (χ2n) is 7.21. The van der Waals surface area contributed by atoms with Crippen molar-refractivity contribution in [3.63, 3.8) is 0 Å². The molecule has 121 valence electrons. The van der Waals surface area contributed by atoms with Gasteiger partial charge in [-0.3, -0.25) is 0 Å². The number of unbranched alkanes of at least 4 members (excludes halogenated alkanes) is 8. The van der Waals surface area contributed by atoms with Crippen molar-refractivity contribution in [1.29, 1.82) is 0 Å². The Balaban J connectivity index is 0.00000400. The Morgan fingerprint density at radius 2 is 1.29 bits per heavy atom. The minimum atomic E-state index is 0. The molecule has 0 aromatic carbocycles. The van der Waals surface area contributed by atoms with Crippen molar-refractivity contribution in [1.82, 2.24) is 0 Å². The fraction of sp³-hybridized carbons (Fsp3) is 0.950. The van der Waals surface area contributed by atoms with Gasteiger partial charge >= 0.3 is 18.9 Å². The Morgan fingerprint density at radius 1 is 0.762 bits per heavy atom. The summed E-state index contributed by atoms with van der Waals surface area (Å²) in [5.41, 5.74) is 0.719. The van der Waals surface area contributed by atoms with Gasteiger partial charge in [0.25, 0.3) is 0 Å². The summed E-state index contributed by atoms with van der Waals surface area (Å²) < 4.78 is 0. The molecule has 1 saturated carbocycles. The Morgan fingerprint density at radius 3 is 1.71 bits per heavy atom. The van der Waals surface area contributed by atoms with Gasteiger partial charge < -0.3 is 0 Å². The van der Waals surface area contributed by atoms with E-state index in [0.717, 1.165) is 5.41 Å². The van der Waals surface area contributed by atoms with Crippen LogP contribution in [0.4, 0.5) is 0 Å². The Labute approximate surface area is 147 Å². The topological polar surface area (TPSA) is 0 Å². The van der Waals surface area contributed by atoms with Crippen molar-refractivity contribution < 1.29 is 0 Å². The average Bonchev–Trinajstić information content (AvgIpc) is 2.48. The van der Waals surface area contributed by atoms with Crippen molar-refractivity contribution in [2.45, 2.75) is 117 Å². The van der Waals surface area contributed by atoms with E-state index in [2.05, 4.69) is 20.3 Å². The molecule has 0 atom stereocenters. The molecule has 21 heavy (non-hydrogen) atoms. The number of rotatable bonds is 12. The number of hydrogen-bond acceptors (Lipinski definition) is 0. The molecular formula is C20H40Li. The third-order valence-corrected chi connectivity index (χ3v) is 5.31. The SMILES string of the molecule is CCCCCCCC1(CCCCCCC)C[CH]CCC1.[LiH]. The van der Waals surface area contributed by atoms with Gasteiger partial charge in [0.15, 0.2) is 0 Å². The molecule has 0 N–H and O–H groups in total. The van der Waals surface area contributed by atoms with Gasteiger partial charge in [-0.2, -0.15) is 0 Å². The van der Waals surface area contributed by atoms with Gasteiger partial charge in [0, 0.05) is 0 Å². The third-order valence-electron chi connectivity index (χ3n) is 5.31. The maximum absolute atomic E-state index is 2.60. The minimum absolute atomic E-state index is 0. The van der Waals surface area contributed by atoms with E-state index in [1.165, 1.54) is 103 Å². The van der Waals surface area contributed by atoms with Crippen molar-refractivity contribution >= 4 is 18.9 Å². The average molecular weight is 287 g/mol. The van der Waals surface area contributed by atoms with Crippen molar-refractivity contribution in [2.24, 2.45) is 5.41 Å². The summed E-state index contributed by atoms with van der Waals surface area (Å²) in [6.45, 7) is 4.63. The van der Waals surface area contributed by atoms with Gasteiger partial charge in [0.2, 0.25) is 0 Å². The summed E-state index contributed by atoms with van der Waals surface area (Å²) in [4.78, 5) is 0. The predicted octanol–water partition coefficient (Wildman–Crippen LogP) is 6.82. The zero-order valence-electron chi connectivity index (χ0n) is 14.4. The van der Waals surface area contributed by atoms with Gasteiger partial charge in [-0.1, -0.05) is 90.9 Å². The molecule has 0 aromatic heterocycles. The first kappa shape index (κ1) is 21.6. The maximum atomic E-state index is 2.60. The summed E-state index contributed by atoms with van der Waals surface area (Å²) in [5, 5.41) is 0. The van der Waals surface area contributed by atoms with Crippen LogP contribution in [0.3, 0.4) is 0 Å².